The fourth-order valence-electron chi connectivity index (χ4n) is 1.40. The number of carbonyl (C=O) groups is 1. The predicted molar refractivity (Wildman–Crippen MR) is 74.8 cm³/mol. The molecular weight excluding hydrogens is 302 g/mol. The van der Waals surface area contributed by atoms with Crippen LogP contribution in [0.5, 0.6) is 0 Å². The molecule has 17 heavy (non-hydrogen) atoms. The molecule has 94 valence electrons. The van der Waals surface area contributed by atoms with Crippen molar-refractivity contribution in [1.29, 1.82) is 0 Å². The van der Waals surface area contributed by atoms with Gasteiger partial charge < -0.3 is 10.1 Å². The summed E-state index contributed by atoms with van der Waals surface area (Å²) in [5, 5.41) is 2.86. The summed E-state index contributed by atoms with van der Waals surface area (Å²) in [4.78, 5) is 12.5. The molecule has 0 aliphatic heterocycles. The summed E-state index contributed by atoms with van der Waals surface area (Å²) in [6.45, 7) is 3.25. The summed E-state index contributed by atoms with van der Waals surface area (Å²) in [7, 11) is 1.65. The Bertz CT molecular complexity index is 398. The van der Waals surface area contributed by atoms with Crippen LogP contribution in [0.15, 0.2) is 27.6 Å². The maximum Gasteiger partial charge on any atom is 0.252 e. The lowest BCUT2D eigenvalue weighted by atomic mass is 10.1. The maximum atomic E-state index is 11.9. The van der Waals surface area contributed by atoms with E-state index in [0.717, 1.165) is 4.47 Å². The van der Waals surface area contributed by atoms with Gasteiger partial charge in [0.2, 0.25) is 0 Å². The van der Waals surface area contributed by atoms with E-state index >= 15 is 0 Å². The molecule has 0 aliphatic rings. The lowest BCUT2D eigenvalue weighted by molar-refractivity contribution is 0.0931. The zero-order valence-corrected chi connectivity index (χ0v) is 12.3. The minimum Gasteiger partial charge on any atom is -0.384 e. The molecule has 1 aromatic carbocycles. The average Bonchev–Trinajstić information content (AvgIpc) is 2.26. The molecular formula is C12H16BrNO2S. The van der Waals surface area contributed by atoms with Gasteiger partial charge in [0.05, 0.1) is 12.2 Å². The van der Waals surface area contributed by atoms with Crippen molar-refractivity contribution in [3.05, 3.63) is 28.2 Å². The number of amides is 1. The van der Waals surface area contributed by atoms with Crippen LogP contribution in [-0.2, 0) is 4.74 Å². The molecule has 0 saturated heterocycles. The number of halogens is 1. The van der Waals surface area contributed by atoms with Crippen molar-refractivity contribution < 1.29 is 9.53 Å². The highest BCUT2D eigenvalue weighted by Crippen LogP contribution is 2.19. The van der Waals surface area contributed by atoms with Crippen molar-refractivity contribution in [1.82, 2.24) is 5.32 Å². The molecule has 1 N–H and O–H groups in total. The van der Waals surface area contributed by atoms with E-state index in [0.29, 0.717) is 29.5 Å². The zero-order chi connectivity index (χ0) is 12.8. The number of thiol groups is 1. The molecule has 1 unspecified atom stereocenters. The van der Waals surface area contributed by atoms with E-state index in [-0.39, 0.29) is 5.91 Å². The Morgan fingerprint density at radius 1 is 1.59 bits per heavy atom. The van der Waals surface area contributed by atoms with Crippen molar-refractivity contribution in [3.8, 4) is 0 Å². The highest BCUT2D eigenvalue weighted by Gasteiger charge is 2.10. The summed E-state index contributed by atoms with van der Waals surface area (Å²) in [6, 6.07) is 5.38. The van der Waals surface area contributed by atoms with Gasteiger partial charge in [0.15, 0.2) is 0 Å². The van der Waals surface area contributed by atoms with Gasteiger partial charge in [0, 0.05) is 23.0 Å². The van der Waals surface area contributed by atoms with E-state index in [2.05, 4.69) is 33.9 Å². The number of ether oxygens (including phenoxy) is 1. The number of carbonyl (C=O) groups excluding carboxylic acids is 1. The molecule has 0 fully saturated rings. The van der Waals surface area contributed by atoms with Crippen LogP contribution in [0.25, 0.3) is 0 Å². The molecule has 1 atom stereocenters. The summed E-state index contributed by atoms with van der Waals surface area (Å²) >= 11 is 7.61. The van der Waals surface area contributed by atoms with Gasteiger partial charge in [-0.2, -0.15) is 0 Å². The molecule has 0 saturated carbocycles. The van der Waals surface area contributed by atoms with Crippen LogP contribution >= 0.6 is 28.6 Å². The molecule has 1 amide bonds. The summed E-state index contributed by atoms with van der Waals surface area (Å²) in [5.74, 6) is 0.188. The quantitative estimate of drug-likeness (QED) is 0.820. The number of nitrogens with one attached hydrogen (secondary N) is 1. The normalized spacial score (nSPS) is 12.2. The zero-order valence-electron chi connectivity index (χ0n) is 9.87. The van der Waals surface area contributed by atoms with Crippen LogP contribution in [0.4, 0.5) is 0 Å². The number of hydrogen-bond acceptors (Lipinski definition) is 3. The molecule has 1 aromatic rings. The Kier molecular flexibility index (Phi) is 6.02. The van der Waals surface area contributed by atoms with Gasteiger partial charge in [-0.25, -0.2) is 0 Å². The van der Waals surface area contributed by atoms with Crippen LogP contribution in [0.1, 0.15) is 17.3 Å². The standard InChI is InChI=1S/C12H16BrNO2S/c1-8(7-16-2)6-14-12(15)10-4-3-9(13)5-11(10)17/h3-5,8,17H,6-7H2,1-2H3,(H,14,15). The van der Waals surface area contributed by atoms with Gasteiger partial charge >= 0.3 is 0 Å². The third-order valence-electron chi connectivity index (χ3n) is 2.27. The topological polar surface area (TPSA) is 38.3 Å². The fraction of sp³-hybridized carbons (Fsp3) is 0.417. The van der Waals surface area contributed by atoms with Crippen molar-refractivity contribution in [2.24, 2.45) is 5.92 Å². The molecule has 0 spiro atoms. The number of hydrogen-bond donors (Lipinski definition) is 2. The van der Waals surface area contributed by atoms with Gasteiger partial charge in [-0.3, -0.25) is 4.79 Å². The van der Waals surface area contributed by atoms with E-state index in [4.69, 9.17) is 4.74 Å². The van der Waals surface area contributed by atoms with E-state index in [1.54, 1.807) is 19.2 Å². The first-order valence-electron chi connectivity index (χ1n) is 5.30. The lowest BCUT2D eigenvalue weighted by Crippen LogP contribution is -2.30. The second-order valence-corrected chi connectivity index (χ2v) is 5.33. The fourth-order valence-corrected chi connectivity index (χ4v) is 2.26. The third-order valence-corrected chi connectivity index (χ3v) is 3.13. The van der Waals surface area contributed by atoms with Gasteiger partial charge in [-0.05, 0) is 24.1 Å². The first-order valence-corrected chi connectivity index (χ1v) is 6.54. The van der Waals surface area contributed by atoms with E-state index in [1.165, 1.54) is 0 Å². The number of rotatable bonds is 5. The molecule has 0 heterocycles. The van der Waals surface area contributed by atoms with Gasteiger partial charge in [0.25, 0.3) is 5.91 Å². The summed E-state index contributed by atoms with van der Waals surface area (Å²) in [5.41, 5.74) is 0.584. The van der Waals surface area contributed by atoms with Crippen molar-refractivity contribution in [2.45, 2.75) is 11.8 Å². The van der Waals surface area contributed by atoms with Crippen LogP contribution in [0.2, 0.25) is 0 Å². The molecule has 3 nitrogen and oxygen atoms in total. The lowest BCUT2D eigenvalue weighted by Gasteiger charge is -2.12. The maximum absolute atomic E-state index is 11.9. The minimum absolute atomic E-state index is 0.106. The SMILES string of the molecule is COCC(C)CNC(=O)c1ccc(Br)cc1S. The van der Waals surface area contributed by atoms with Gasteiger partial charge in [0.1, 0.15) is 0 Å². The smallest absolute Gasteiger partial charge is 0.252 e. The van der Waals surface area contributed by atoms with Crippen molar-refractivity contribution in [3.63, 3.8) is 0 Å². The van der Waals surface area contributed by atoms with E-state index in [1.807, 2.05) is 13.0 Å². The number of benzene rings is 1. The molecule has 0 aliphatic carbocycles. The van der Waals surface area contributed by atoms with Crippen molar-refractivity contribution >= 4 is 34.5 Å². The average molecular weight is 318 g/mol. The van der Waals surface area contributed by atoms with Gasteiger partial charge in [-0.1, -0.05) is 22.9 Å². The first-order chi connectivity index (χ1) is 8.04. The second kappa shape index (κ2) is 7.03. The van der Waals surface area contributed by atoms with Crippen LogP contribution in [0.3, 0.4) is 0 Å². The Balaban J connectivity index is 2.58. The Morgan fingerprint density at radius 3 is 2.88 bits per heavy atom. The van der Waals surface area contributed by atoms with Crippen LogP contribution < -0.4 is 5.32 Å². The van der Waals surface area contributed by atoms with Crippen LogP contribution in [-0.4, -0.2) is 26.2 Å². The monoisotopic (exact) mass is 317 g/mol. The molecule has 5 heteroatoms. The third kappa shape index (κ3) is 4.69. The minimum atomic E-state index is -0.106. The predicted octanol–water partition coefficient (Wildman–Crippen LogP) is 2.75. The first kappa shape index (κ1) is 14.5. The number of methoxy groups -OCH3 is 1. The van der Waals surface area contributed by atoms with Gasteiger partial charge in [-0.15, -0.1) is 12.6 Å². The molecule has 0 aromatic heterocycles. The van der Waals surface area contributed by atoms with E-state index < -0.39 is 0 Å². The summed E-state index contributed by atoms with van der Waals surface area (Å²) < 4.78 is 5.92. The summed E-state index contributed by atoms with van der Waals surface area (Å²) in [6.07, 6.45) is 0. The molecule has 0 bridgehead atoms. The highest BCUT2D eigenvalue weighted by molar-refractivity contribution is 9.10. The Labute approximate surface area is 115 Å². The molecule has 1 rings (SSSR count). The second-order valence-electron chi connectivity index (χ2n) is 3.93. The van der Waals surface area contributed by atoms with E-state index in [9.17, 15) is 4.79 Å². The van der Waals surface area contributed by atoms with Crippen molar-refractivity contribution in [2.75, 3.05) is 20.3 Å². The Hall–Kier alpha value is -0.520. The highest BCUT2D eigenvalue weighted by atomic mass is 79.9. The largest absolute Gasteiger partial charge is 0.384 e. The molecule has 0 radical (unpaired) electrons. The Morgan fingerprint density at radius 2 is 2.29 bits per heavy atom. The van der Waals surface area contributed by atoms with Crippen LogP contribution in [0, 0.1) is 5.92 Å².